The van der Waals surface area contributed by atoms with Gasteiger partial charge in [-0.15, -0.1) is 0 Å². The number of rotatable bonds is 5. The van der Waals surface area contributed by atoms with Gasteiger partial charge >= 0.3 is 0 Å². The highest BCUT2D eigenvalue weighted by Crippen LogP contribution is 2.25. The maximum absolute atomic E-state index is 13.9. The highest BCUT2D eigenvalue weighted by molar-refractivity contribution is 9.10. The van der Waals surface area contributed by atoms with Crippen LogP contribution in [-0.4, -0.2) is 6.54 Å². The minimum Gasteiger partial charge on any atom is -0.310 e. The molecular formula is C16H15BrF3N. The average Bonchev–Trinajstić information content (AvgIpc) is 2.47. The Hall–Kier alpha value is -1.33. The van der Waals surface area contributed by atoms with Gasteiger partial charge < -0.3 is 5.32 Å². The molecule has 112 valence electrons. The Morgan fingerprint density at radius 3 is 2.29 bits per heavy atom. The first-order valence-electron chi connectivity index (χ1n) is 6.64. The zero-order valence-electron chi connectivity index (χ0n) is 11.5. The van der Waals surface area contributed by atoms with E-state index in [1.807, 2.05) is 31.2 Å². The monoisotopic (exact) mass is 357 g/mol. The standard InChI is InChI=1S/C16H15BrF3N/c1-2-21-14(9-10-3-5-11(17)6-4-10)12-7-8-13(18)16(20)15(12)19/h3-8,14,21H,2,9H2,1H3. The molecule has 0 bridgehead atoms. The van der Waals surface area contributed by atoms with E-state index in [-0.39, 0.29) is 5.56 Å². The van der Waals surface area contributed by atoms with Crippen molar-refractivity contribution in [1.29, 1.82) is 0 Å². The quantitative estimate of drug-likeness (QED) is 0.760. The van der Waals surface area contributed by atoms with Crippen LogP contribution in [0, 0.1) is 17.5 Å². The van der Waals surface area contributed by atoms with Crippen LogP contribution in [0.2, 0.25) is 0 Å². The first kappa shape index (κ1) is 16.0. The summed E-state index contributed by atoms with van der Waals surface area (Å²) >= 11 is 3.35. The molecule has 0 saturated carbocycles. The van der Waals surface area contributed by atoms with E-state index in [4.69, 9.17) is 0 Å². The topological polar surface area (TPSA) is 12.0 Å². The first-order chi connectivity index (χ1) is 10.0. The summed E-state index contributed by atoms with van der Waals surface area (Å²) in [6.45, 7) is 2.48. The molecule has 21 heavy (non-hydrogen) atoms. The predicted molar refractivity (Wildman–Crippen MR) is 80.6 cm³/mol. The van der Waals surface area contributed by atoms with E-state index in [1.165, 1.54) is 6.07 Å². The third-order valence-corrected chi connectivity index (χ3v) is 3.77. The van der Waals surface area contributed by atoms with Crippen molar-refractivity contribution in [1.82, 2.24) is 5.32 Å². The van der Waals surface area contributed by atoms with Gasteiger partial charge in [-0.05, 0) is 36.7 Å². The van der Waals surface area contributed by atoms with Gasteiger partial charge in [0.2, 0.25) is 0 Å². The van der Waals surface area contributed by atoms with Gasteiger partial charge in [-0.25, -0.2) is 13.2 Å². The Morgan fingerprint density at radius 1 is 1.00 bits per heavy atom. The summed E-state index contributed by atoms with van der Waals surface area (Å²) in [5.74, 6) is -3.72. The van der Waals surface area contributed by atoms with E-state index < -0.39 is 23.5 Å². The molecule has 2 aromatic rings. The van der Waals surface area contributed by atoms with Crippen molar-refractivity contribution in [3.8, 4) is 0 Å². The van der Waals surface area contributed by atoms with Crippen LogP contribution in [0.5, 0.6) is 0 Å². The predicted octanol–water partition coefficient (Wildman–Crippen LogP) is 4.76. The molecule has 0 aliphatic carbocycles. The van der Waals surface area contributed by atoms with Crippen molar-refractivity contribution in [3.63, 3.8) is 0 Å². The number of halogens is 4. The lowest BCUT2D eigenvalue weighted by Crippen LogP contribution is -2.24. The van der Waals surface area contributed by atoms with Gasteiger partial charge in [-0.2, -0.15) is 0 Å². The van der Waals surface area contributed by atoms with Gasteiger partial charge in [0.25, 0.3) is 0 Å². The van der Waals surface area contributed by atoms with Gasteiger partial charge in [0.15, 0.2) is 17.5 Å². The van der Waals surface area contributed by atoms with Crippen molar-refractivity contribution < 1.29 is 13.2 Å². The molecule has 0 amide bonds. The molecule has 0 heterocycles. The minimum absolute atomic E-state index is 0.138. The molecule has 0 radical (unpaired) electrons. The molecule has 1 N–H and O–H groups in total. The van der Waals surface area contributed by atoms with Crippen LogP contribution in [-0.2, 0) is 6.42 Å². The van der Waals surface area contributed by atoms with Crippen molar-refractivity contribution in [3.05, 3.63) is 69.4 Å². The fourth-order valence-electron chi connectivity index (χ4n) is 2.20. The van der Waals surface area contributed by atoms with E-state index in [1.54, 1.807) is 0 Å². The lowest BCUT2D eigenvalue weighted by atomic mass is 9.98. The molecule has 1 atom stereocenters. The van der Waals surface area contributed by atoms with E-state index >= 15 is 0 Å². The Labute approximate surface area is 130 Å². The van der Waals surface area contributed by atoms with E-state index in [0.717, 1.165) is 16.1 Å². The van der Waals surface area contributed by atoms with Crippen LogP contribution in [0.1, 0.15) is 24.1 Å². The molecule has 0 aromatic heterocycles. The Morgan fingerprint density at radius 2 is 1.67 bits per heavy atom. The van der Waals surface area contributed by atoms with E-state index in [0.29, 0.717) is 13.0 Å². The lowest BCUT2D eigenvalue weighted by Gasteiger charge is -2.19. The van der Waals surface area contributed by atoms with Gasteiger partial charge in [-0.1, -0.05) is 41.1 Å². The van der Waals surface area contributed by atoms with E-state index in [2.05, 4.69) is 21.2 Å². The molecule has 5 heteroatoms. The van der Waals surface area contributed by atoms with Crippen LogP contribution in [0.3, 0.4) is 0 Å². The normalized spacial score (nSPS) is 12.4. The van der Waals surface area contributed by atoms with Gasteiger partial charge in [0.05, 0.1) is 0 Å². The summed E-state index contributed by atoms with van der Waals surface area (Å²) < 4.78 is 41.3. The second kappa shape index (κ2) is 7.09. The fourth-order valence-corrected chi connectivity index (χ4v) is 2.47. The van der Waals surface area contributed by atoms with E-state index in [9.17, 15) is 13.2 Å². The molecule has 0 fully saturated rings. The van der Waals surface area contributed by atoms with Gasteiger partial charge in [-0.3, -0.25) is 0 Å². The summed E-state index contributed by atoms with van der Waals surface area (Å²) in [7, 11) is 0. The van der Waals surface area contributed by atoms with Crippen LogP contribution < -0.4 is 5.32 Å². The fraction of sp³-hybridized carbons (Fsp3) is 0.250. The first-order valence-corrected chi connectivity index (χ1v) is 7.43. The minimum atomic E-state index is -1.42. The maximum atomic E-state index is 13.9. The zero-order valence-corrected chi connectivity index (χ0v) is 13.1. The number of nitrogens with one attached hydrogen (secondary N) is 1. The van der Waals surface area contributed by atoms with Crippen LogP contribution >= 0.6 is 15.9 Å². The highest BCUT2D eigenvalue weighted by Gasteiger charge is 2.20. The third-order valence-electron chi connectivity index (χ3n) is 3.24. The molecule has 0 saturated heterocycles. The SMILES string of the molecule is CCNC(Cc1ccc(Br)cc1)c1ccc(F)c(F)c1F. The van der Waals surface area contributed by atoms with Gasteiger partial charge in [0, 0.05) is 16.1 Å². The molecule has 2 aromatic carbocycles. The van der Waals surface area contributed by atoms with Crippen LogP contribution in [0.15, 0.2) is 40.9 Å². The van der Waals surface area contributed by atoms with Crippen molar-refractivity contribution in [2.45, 2.75) is 19.4 Å². The van der Waals surface area contributed by atoms with Gasteiger partial charge in [0.1, 0.15) is 0 Å². The summed E-state index contributed by atoms with van der Waals surface area (Å²) in [5.41, 5.74) is 1.12. The third kappa shape index (κ3) is 3.86. The van der Waals surface area contributed by atoms with Crippen molar-refractivity contribution in [2.75, 3.05) is 6.54 Å². The van der Waals surface area contributed by atoms with Crippen molar-refractivity contribution >= 4 is 15.9 Å². The molecule has 0 aliphatic heterocycles. The maximum Gasteiger partial charge on any atom is 0.194 e. The second-order valence-corrected chi connectivity index (χ2v) is 5.62. The molecule has 2 rings (SSSR count). The molecular weight excluding hydrogens is 343 g/mol. The van der Waals surface area contributed by atoms with Crippen molar-refractivity contribution in [2.24, 2.45) is 0 Å². The zero-order chi connectivity index (χ0) is 15.4. The summed E-state index contributed by atoms with van der Waals surface area (Å²) in [5, 5.41) is 3.11. The summed E-state index contributed by atoms with van der Waals surface area (Å²) in [6.07, 6.45) is 0.489. The molecule has 1 unspecified atom stereocenters. The Kier molecular flexibility index (Phi) is 5.42. The molecule has 0 spiro atoms. The Bertz CT molecular complexity index is 614. The average molecular weight is 358 g/mol. The number of likely N-dealkylation sites (N-methyl/N-ethyl adjacent to an activating group) is 1. The smallest absolute Gasteiger partial charge is 0.194 e. The van der Waals surface area contributed by atoms with Crippen LogP contribution in [0.25, 0.3) is 0 Å². The molecule has 1 nitrogen and oxygen atoms in total. The highest BCUT2D eigenvalue weighted by atomic mass is 79.9. The van der Waals surface area contributed by atoms with Crippen LogP contribution in [0.4, 0.5) is 13.2 Å². The second-order valence-electron chi connectivity index (χ2n) is 4.71. The number of hydrogen-bond acceptors (Lipinski definition) is 1. The number of hydrogen-bond donors (Lipinski definition) is 1. The summed E-state index contributed by atoms with van der Waals surface area (Å²) in [4.78, 5) is 0. The largest absolute Gasteiger partial charge is 0.310 e. The summed E-state index contributed by atoms with van der Waals surface area (Å²) in [6, 6.07) is 9.43. The lowest BCUT2D eigenvalue weighted by molar-refractivity contribution is 0.425. The molecule has 0 aliphatic rings. The number of benzene rings is 2. The Balaban J connectivity index is 2.30.